The molecule has 1 unspecified atom stereocenters. The predicted molar refractivity (Wildman–Crippen MR) is 94.9 cm³/mol. The molecule has 2 aromatic rings. The summed E-state index contributed by atoms with van der Waals surface area (Å²) in [7, 11) is -2.50. The van der Waals surface area contributed by atoms with Gasteiger partial charge in [-0.25, -0.2) is 26.7 Å². The van der Waals surface area contributed by atoms with Gasteiger partial charge < -0.3 is 0 Å². The Bertz CT molecular complexity index is 993. The molecule has 0 radical (unpaired) electrons. The van der Waals surface area contributed by atoms with E-state index >= 15 is 0 Å². The molecular formula is C17H22F2N4O3S. The molecule has 1 aromatic carbocycles. The van der Waals surface area contributed by atoms with Crippen molar-refractivity contribution in [2.24, 2.45) is 7.05 Å². The zero-order chi connectivity index (χ0) is 19.9. The number of aryl methyl sites for hydroxylation is 1. The van der Waals surface area contributed by atoms with Gasteiger partial charge in [-0.1, -0.05) is 0 Å². The van der Waals surface area contributed by atoms with Crippen molar-refractivity contribution < 1.29 is 17.2 Å². The molecule has 1 aliphatic rings. The largest absolute Gasteiger partial charge is 0.345 e. The summed E-state index contributed by atoms with van der Waals surface area (Å²) in [5, 5.41) is 4.30. The van der Waals surface area contributed by atoms with Gasteiger partial charge in [0.25, 0.3) is 0 Å². The number of aromatic nitrogens is 3. The normalized spacial score (nSPS) is 19.0. The Balaban J connectivity index is 1.95. The Morgan fingerprint density at radius 2 is 1.81 bits per heavy atom. The fraction of sp³-hybridized carbons (Fsp3) is 0.529. The van der Waals surface area contributed by atoms with E-state index in [1.54, 1.807) is 11.6 Å². The van der Waals surface area contributed by atoms with E-state index in [-0.39, 0.29) is 30.7 Å². The molecule has 0 saturated carbocycles. The highest BCUT2D eigenvalue weighted by atomic mass is 32.2. The van der Waals surface area contributed by atoms with Crippen LogP contribution >= 0.6 is 0 Å². The number of hydrogen-bond acceptors (Lipinski definition) is 4. The molecule has 10 heteroatoms. The maximum Gasteiger partial charge on any atom is 0.345 e. The summed E-state index contributed by atoms with van der Waals surface area (Å²) in [5.41, 5.74) is -0.257. The molecule has 0 bridgehead atoms. The number of benzene rings is 1. The summed E-state index contributed by atoms with van der Waals surface area (Å²) in [5.74, 6) is -1.63. The molecule has 1 saturated heterocycles. The predicted octanol–water partition coefficient (Wildman–Crippen LogP) is 2.01. The second-order valence-electron chi connectivity index (χ2n) is 7.04. The van der Waals surface area contributed by atoms with Crippen molar-refractivity contribution in [1.82, 2.24) is 18.7 Å². The molecule has 3 rings (SSSR count). The van der Waals surface area contributed by atoms with Gasteiger partial charge in [0, 0.05) is 38.2 Å². The second-order valence-corrected chi connectivity index (χ2v) is 8.97. The summed E-state index contributed by atoms with van der Waals surface area (Å²) in [6, 6.07) is 2.14. The van der Waals surface area contributed by atoms with Crippen LogP contribution in [0.5, 0.6) is 0 Å². The highest BCUT2D eigenvalue weighted by Gasteiger charge is 2.34. The Morgan fingerprint density at radius 1 is 1.19 bits per heavy atom. The molecule has 7 nitrogen and oxygen atoms in total. The number of nitrogens with zero attached hydrogens (tertiary/aromatic N) is 4. The molecule has 0 N–H and O–H groups in total. The lowest BCUT2D eigenvalue weighted by Gasteiger charge is -2.31. The first-order valence-corrected chi connectivity index (χ1v) is 10.2. The topological polar surface area (TPSA) is 77.2 Å². The van der Waals surface area contributed by atoms with Crippen LogP contribution in [0.2, 0.25) is 0 Å². The Kier molecular flexibility index (Phi) is 5.22. The van der Waals surface area contributed by atoms with Gasteiger partial charge >= 0.3 is 5.69 Å². The SMILES string of the molecule is CC(C)n1c(C2CCCN(S(=O)(=O)c3cc(F)cc(F)c3)C2)nn(C)c1=O. The number of halogens is 2. The van der Waals surface area contributed by atoms with Gasteiger partial charge in [-0.15, -0.1) is 0 Å². The number of rotatable bonds is 4. The van der Waals surface area contributed by atoms with Crippen molar-refractivity contribution in [2.45, 2.75) is 43.5 Å². The molecule has 0 aliphatic carbocycles. The Morgan fingerprint density at radius 3 is 2.41 bits per heavy atom. The minimum Gasteiger partial charge on any atom is -0.276 e. The summed E-state index contributed by atoms with van der Waals surface area (Å²) in [6.45, 7) is 4.07. The van der Waals surface area contributed by atoms with Gasteiger partial charge in [0.05, 0.1) is 4.90 Å². The third-order valence-corrected chi connectivity index (χ3v) is 6.56. The first kappa shape index (κ1) is 19.7. The lowest BCUT2D eigenvalue weighted by molar-refractivity contribution is 0.301. The maximum atomic E-state index is 13.5. The second kappa shape index (κ2) is 7.16. The van der Waals surface area contributed by atoms with E-state index in [1.807, 2.05) is 13.8 Å². The Hall–Kier alpha value is -2.07. The monoisotopic (exact) mass is 400 g/mol. The van der Waals surface area contributed by atoms with Gasteiger partial charge in [-0.3, -0.25) is 4.57 Å². The van der Waals surface area contributed by atoms with E-state index in [2.05, 4.69) is 5.10 Å². The summed E-state index contributed by atoms with van der Waals surface area (Å²) in [4.78, 5) is 11.9. The average Bonchev–Trinajstić information content (AvgIpc) is 2.89. The van der Waals surface area contributed by atoms with Gasteiger partial charge in [-0.05, 0) is 38.8 Å². The first-order valence-electron chi connectivity index (χ1n) is 8.73. The fourth-order valence-electron chi connectivity index (χ4n) is 3.46. The fourth-order valence-corrected chi connectivity index (χ4v) is 5.03. The van der Waals surface area contributed by atoms with Crippen molar-refractivity contribution in [3.63, 3.8) is 0 Å². The highest BCUT2D eigenvalue weighted by Crippen LogP contribution is 2.30. The van der Waals surface area contributed by atoms with Crippen molar-refractivity contribution in [3.8, 4) is 0 Å². The third kappa shape index (κ3) is 3.68. The number of hydrogen-bond donors (Lipinski definition) is 0. The van der Waals surface area contributed by atoms with Crippen LogP contribution in [0, 0.1) is 11.6 Å². The van der Waals surface area contributed by atoms with Crippen LogP contribution in [0.1, 0.15) is 44.5 Å². The summed E-state index contributed by atoms with van der Waals surface area (Å²) < 4.78 is 56.7. The van der Waals surface area contributed by atoms with Crippen molar-refractivity contribution in [3.05, 3.63) is 46.1 Å². The van der Waals surface area contributed by atoms with E-state index in [4.69, 9.17) is 0 Å². The van der Waals surface area contributed by atoms with Gasteiger partial charge in [0.1, 0.15) is 17.5 Å². The molecule has 148 valence electrons. The van der Waals surface area contributed by atoms with E-state index in [0.29, 0.717) is 24.7 Å². The van der Waals surface area contributed by atoms with Crippen molar-refractivity contribution in [2.75, 3.05) is 13.1 Å². The summed E-state index contributed by atoms with van der Waals surface area (Å²) in [6.07, 6.45) is 1.23. The Labute approximate surface area is 156 Å². The van der Waals surface area contributed by atoms with Gasteiger partial charge in [0.2, 0.25) is 10.0 Å². The van der Waals surface area contributed by atoms with E-state index in [0.717, 1.165) is 12.1 Å². The molecule has 1 atom stereocenters. The maximum absolute atomic E-state index is 13.5. The van der Waals surface area contributed by atoms with E-state index in [1.165, 1.54) is 8.99 Å². The lowest BCUT2D eigenvalue weighted by Crippen LogP contribution is -2.40. The molecule has 0 spiro atoms. The number of piperidine rings is 1. The summed E-state index contributed by atoms with van der Waals surface area (Å²) >= 11 is 0. The van der Waals surface area contributed by atoms with Crippen LogP contribution in [-0.4, -0.2) is 40.2 Å². The molecule has 1 aromatic heterocycles. The zero-order valence-corrected chi connectivity index (χ0v) is 16.2. The van der Waals surface area contributed by atoms with Gasteiger partial charge in [0.15, 0.2) is 0 Å². The molecular weight excluding hydrogens is 378 g/mol. The van der Waals surface area contributed by atoms with E-state index in [9.17, 15) is 22.0 Å². The van der Waals surface area contributed by atoms with Gasteiger partial charge in [-0.2, -0.15) is 9.40 Å². The molecule has 2 heterocycles. The van der Waals surface area contributed by atoms with Crippen LogP contribution in [-0.2, 0) is 17.1 Å². The van der Waals surface area contributed by atoms with Crippen LogP contribution in [0.3, 0.4) is 0 Å². The van der Waals surface area contributed by atoms with Crippen LogP contribution in [0.25, 0.3) is 0 Å². The lowest BCUT2D eigenvalue weighted by atomic mass is 9.98. The van der Waals surface area contributed by atoms with E-state index < -0.39 is 26.6 Å². The number of sulfonamides is 1. The average molecular weight is 400 g/mol. The smallest absolute Gasteiger partial charge is 0.276 e. The minimum atomic E-state index is -4.05. The molecule has 1 aliphatic heterocycles. The highest BCUT2D eigenvalue weighted by molar-refractivity contribution is 7.89. The molecule has 1 fully saturated rings. The van der Waals surface area contributed by atoms with Crippen molar-refractivity contribution in [1.29, 1.82) is 0 Å². The first-order chi connectivity index (χ1) is 12.6. The quantitative estimate of drug-likeness (QED) is 0.787. The third-order valence-electron chi connectivity index (χ3n) is 4.72. The van der Waals surface area contributed by atoms with Crippen LogP contribution in [0.15, 0.2) is 27.9 Å². The van der Waals surface area contributed by atoms with Crippen LogP contribution < -0.4 is 5.69 Å². The molecule has 0 amide bonds. The zero-order valence-electron chi connectivity index (χ0n) is 15.4. The van der Waals surface area contributed by atoms with Crippen LogP contribution in [0.4, 0.5) is 8.78 Å². The van der Waals surface area contributed by atoms with Crippen molar-refractivity contribution >= 4 is 10.0 Å². The standard InChI is InChI=1S/C17H22F2N4O3S/c1-11(2)23-16(20-21(3)17(23)24)12-5-4-6-22(10-12)27(25,26)15-8-13(18)7-14(19)9-15/h7-9,11-12H,4-6,10H2,1-3H3. The molecule has 27 heavy (non-hydrogen) atoms. The minimum absolute atomic E-state index is 0.101.